The van der Waals surface area contributed by atoms with E-state index in [9.17, 15) is 0 Å². The fourth-order valence-corrected chi connectivity index (χ4v) is 5.62. The maximum atomic E-state index is 6.62. The summed E-state index contributed by atoms with van der Waals surface area (Å²) in [4.78, 5) is 2.49. The number of hydrogen-bond donors (Lipinski definition) is 0. The lowest BCUT2D eigenvalue weighted by atomic mass is 9.93. The van der Waals surface area contributed by atoms with Gasteiger partial charge in [-0.1, -0.05) is 23.7 Å². The van der Waals surface area contributed by atoms with Crippen LogP contribution in [0.4, 0.5) is 5.69 Å². The van der Waals surface area contributed by atoms with Gasteiger partial charge in [-0.2, -0.15) is 0 Å². The van der Waals surface area contributed by atoms with Crippen LogP contribution in [0.5, 0.6) is 0 Å². The molecule has 3 heterocycles. The van der Waals surface area contributed by atoms with Gasteiger partial charge in [0, 0.05) is 65.3 Å². The van der Waals surface area contributed by atoms with E-state index in [0.717, 1.165) is 53.5 Å². The number of fused-ring (bicyclic) bond motifs is 2. The molecule has 0 amide bonds. The van der Waals surface area contributed by atoms with Gasteiger partial charge in [-0.25, -0.2) is 4.58 Å². The average Bonchev–Trinajstić information content (AvgIpc) is 2.88. The minimum atomic E-state index is 0. The topological polar surface area (TPSA) is 19.4 Å². The molecule has 0 saturated carbocycles. The van der Waals surface area contributed by atoms with Gasteiger partial charge in [0.2, 0.25) is 5.36 Å². The second-order valence-corrected chi connectivity index (χ2v) is 9.88. The van der Waals surface area contributed by atoms with Crippen molar-refractivity contribution in [3.8, 4) is 22.5 Å². The zero-order valence-electron chi connectivity index (χ0n) is 19.4. The zero-order valence-corrected chi connectivity index (χ0v) is 20.9. The summed E-state index contributed by atoms with van der Waals surface area (Å²) < 4.78 is 9.11. The van der Waals surface area contributed by atoms with E-state index in [4.69, 9.17) is 16.0 Å². The summed E-state index contributed by atoms with van der Waals surface area (Å²) in [5.74, 6) is 0.950. The fourth-order valence-electron chi connectivity index (χ4n) is 5.49. The van der Waals surface area contributed by atoms with Gasteiger partial charge in [0.05, 0.1) is 6.07 Å². The Morgan fingerprint density at radius 2 is 1.50 bits per heavy atom. The largest absolute Gasteiger partial charge is 1.00 e. The monoisotopic (exact) mass is 492 g/mol. The van der Waals surface area contributed by atoms with Crippen molar-refractivity contribution in [3.63, 3.8) is 0 Å². The molecular weight excluding hydrogens is 463 g/mol. The highest BCUT2D eigenvalue weighted by molar-refractivity contribution is 6.30. The molecule has 0 atom stereocenters. The Labute approximate surface area is 212 Å². The molecule has 5 heteroatoms. The molecule has 0 bridgehead atoms. The normalized spacial score (nSPS) is 16.6. The van der Waals surface area contributed by atoms with Crippen LogP contribution in [0.1, 0.15) is 38.5 Å². The highest BCUT2D eigenvalue weighted by Gasteiger charge is 2.21. The van der Waals surface area contributed by atoms with E-state index >= 15 is 0 Å². The van der Waals surface area contributed by atoms with Gasteiger partial charge in [-0.05, 0) is 61.6 Å². The number of anilines is 1. The summed E-state index contributed by atoms with van der Waals surface area (Å²) >= 11 is 6.22. The Morgan fingerprint density at radius 1 is 0.765 bits per heavy atom. The summed E-state index contributed by atoms with van der Waals surface area (Å²) in [5.41, 5.74) is 5.75. The van der Waals surface area contributed by atoms with Gasteiger partial charge < -0.3 is 21.7 Å². The SMILES string of the molecule is Clc1ccc(-c2c3ccc(=[N+]4CCCCC4)cc-3oc3cc(N4CCCCC4)ccc23)cc1.[Cl-]. The molecule has 1 aliphatic carbocycles. The highest BCUT2D eigenvalue weighted by Crippen LogP contribution is 2.41. The summed E-state index contributed by atoms with van der Waals surface area (Å²) in [6.07, 6.45) is 7.73. The summed E-state index contributed by atoms with van der Waals surface area (Å²) in [6, 6.07) is 21.7. The smallest absolute Gasteiger partial charge is 0.203 e. The molecule has 2 aromatic carbocycles. The Bertz CT molecular complexity index is 1330. The van der Waals surface area contributed by atoms with Crippen molar-refractivity contribution in [2.75, 3.05) is 31.1 Å². The van der Waals surface area contributed by atoms with Crippen LogP contribution < -0.4 is 27.2 Å². The van der Waals surface area contributed by atoms with Crippen molar-refractivity contribution in [2.24, 2.45) is 0 Å². The highest BCUT2D eigenvalue weighted by atomic mass is 35.5. The molecule has 0 radical (unpaired) electrons. The number of halogens is 2. The summed E-state index contributed by atoms with van der Waals surface area (Å²) in [7, 11) is 0. The third-order valence-electron chi connectivity index (χ3n) is 7.26. The van der Waals surface area contributed by atoms with E-state index in [-0.39, 0.29) is 12.4 Å². The van der Waals surface area contributed by atoms with Gasteiger partial charge in [0.1, 0.15) is 24.4 Å². The first-order valence-corrected chi connectivity index (χ1v) is 12.7. The van der Waals surface area contributed by atoms with E-state index in [1.54, 1.807) is 0 Å². The van der Waals surface area contributed by atoms with Crippen LogP contribution in [-0.4, -0.2) is 26.2 Å². The molecule has 2 aromatic rings. The molecule has 6 rings (SSSR count). The predicted molar refractivity (Wildman–Crippen MR) is 138 cm³/mol. The summed E-state index contributed by atoms with van der Waals surface area (Å²) in [6.45, 7) is 4.51. The lowest BCUT2D eigenvalue weighted by molar-refractivity contribution is -0.00000688. The molecule has 2 saturated heterocycles. The second kappa shape index (κ2) is 10.0. The van der Waals surface area contributed by atoms with Gasteiger partial charge >= 0.3 is 0 Å². The third-order valence-corrected chi connectivity index (χ3v) is 7.52. The predicted octanol–water partition coefficient (Wildman–Crippen LogP) is 3.81. The third kappa shape index (κ3) is 4.44. The molecule has 0 aromatic heterocycles. The Balaban J connectivity index is 0.00000241. The van der Waals surface area contributed by atoms with Gasteiger partial charge in [0.25, 0.3) is 0 Å². The van der Waals surface area contributed by atoms with Crippen molar-refractivity contribution in [1.29, 1.82) is 0 Å². The first kappa shape index (κ1) is 23.3. The first-order valence-electron chi connectivity index (χ1n) is 12.4. The van der Waals surface area contributed by atoms with Crippen molar-refractivity contribution in [1.82, 2.24) is 4.58 Å². The molecule has 3 aliphatic heterocycles. The zero-order chi connectivity index (χ0) is 22.2. The molecule has 0 N–H and O–H groups in total. The van der Waals surface area contributed by atoms with Crippen molar-refractivity contribution < 1.29 is 16.8 Å². The Kier molecular flexibility index (Phi) is 6.85. The minimum absolute atomic E-state index is 0. The van der Waals surface area contributed by atoms with Crippen LogP contribution in [0.25, 0.3) is 33.4 Å². The molecular formula is C29H30Cl2N2O. The van der Waals surface area contributed by atoms with Crippen LogP contribution >= 0.6 is 11.6 Å². The number of piperidine rings is 2. The lowest BCUT2D eigenvalue weighted by Gasteiger charge is -2.29. The molecule has 2 fully saturated rings. The molecule has 176 valence electrons. The van der Waals surface area contributed by atoms with Crippen molar-refractivity contribution in [3.05, 3.63) is 71.0 Å². The van der Waals surface area contributed by atoms with E-state index in [1.807, 2.05) is 12.1 Å². The molecule has 34 heavy (non-hydrogen) atoms. The molecule has 0 spiro atoms. The number of hydrogen-bond acceptors (Lipinski definition) is 2. The maximum absolute atomic E-state index is 6.62. The van der Waals surface area contributed by atoms with E-state index in [2.05, 4.69) is 58.0 Å². The number of nitrogens with zero attached hydrogens (tertiary/aromatic N) is 2. The summed E-state index contributed by atoms with van der Waals surface area (Å²) in [5, 5.41) is 3.17. The lowest BCUT2D eigenvalue weighted by Crippen LogP contribution is -3.00. The van der Waals surface area contributed by atoms with E-state index in [1.165, 1.54) is 60.7 Å². The van der Waals surface area contributed by atoms with Crippen LogP contribution in [-0.2, 0) is 0 Å². The van der Waals surface area contributed by atoms with Gasteiger partial charge in [-0.3, -0.25) is 0 Å². The van der Waals surface area contributed by atoms with Crippen LogP contribution in [0.3, 0.4) is 0 Å². The molecule has 3 nitrogen and oxygen atoms in total. The Morgan fingerprint density at radius 3 is 2.26 bits per heavy atom. The minimum Gasteiger partial charge on any atom is -1.00 e. The molecule has 4 aliphatic rings. The Hall–Kier alpha value is -2.49. The van der Waals surface area contributed by atoms with E-state index < -0.39 is 0 Å². The van der Waals surface area contributed by atoms with E-state index in [0.29, 0.717) is 0 Å². The molecule has 0 unspecified atom stereocenters. The number of rotatable bonds is 2. The van der Waals surface area contributed by atoms with Gasteiger partial charge in [-0.15, -0.1) is 0 Å². The maximum Gasteiger partial charge on any atom is 0.203 e. The van der Waals surface area contributed by atoms with Crippen LogP contribution in [0.15, 0.2) is 65.1 Å². The number of benzene rings is 3. The average molecular weight is 493 g/mol. The fraction of sp³-hybridized carbons (Fsp3) is 0.345. The van der Waals surface area contributed by atoms with Crippen molar-refractivity contribution >= 4 is 28.3 Å². The standard InChI is InChI=1S/C29H30ClN2O.ClH/c30-22-9-7-21(8-10-22)29-25-13-11-23(31-15-3-1-4-16-31)19-27(25)33-28-20-24(12-14-26(28)29)32-17-5-2-6-18-32;/h7-14,19-20H,1-6,15-18H2;1H/q+1;/p-1. The van der Waals surface area contributed by atoms with Crippen molar-refractivity contribution in [2.45, 2.75) is 38.5 Å². The first-order chi connectivity index (χ1) is 16.3. The van der Waals surface area contributed by atoms with Gasteiger partial charge in [0.15, 0.2) is 0 Å². The quantitative estimate of drug-likeness (QED) is 0.313. The van der Waals surface area contributed by atoms with Crippen LogP contribution in [0.2, 0.25) is 5.02 Å². The second-order valence-electron chi connectivity index (χ2n) is 9.44. The van der Waals surface area contributed by atoms with Crippen LogP contribution in [0, 0.1) is 0 Å².